The number of nitrogens with one attached hydrogen (secondary N) is 1. The highest BCUT2D eigenvalue weighted by molar-refractivity contribution is 7.18. The second-order valence-corrected chi connectivity index (χ2v) is 8.75. The molecule has 0 bridgehead atoms. The minimum Gasteiger partial charge on any atom is -0.355 e. The lowest BCUT2D eigenvalue weighted by Crippen LogP contribution is -2.43. The van der Waals surface area contributed by atoms with Gasteiger partial charge >= 0.3 is 0 Å². The third-order valence-electron chi connectivity index (χ3n) is 5.55. The molecule has 0 aromatic carbocycles. The molecule has 1 N–H and O–H groups in total. The number of aromatic nitrogens is 3. The Morgan fingerprint density at radius 1 is 1.21 bits per heavy atom. The molecule has 7 heteroatoms. The molecule has 0 radical (unpaired) electrons. The first-order valence-corrected chi connectivity index (χ1v) is 11.2. The van der Waals surface area contributed by atoms with Crippen molar-refractivity contribution in [3.8, 4) is 0 Å². The molecule has 4 rings (SSSR count). The van der Waals surface area contributed by atoms with Crippen molar-refractivity contribution >= 4 is 39.0 Å². The fraction of sp³-hybridized carbons (Fsp3) is 0.476. The molecule has 1 aliphatic rings. The zero-order valence-corrected chi connectivity index (χ0v) is 18.0. The Morgan fingerprint density at radius 2 is 2.04 bits per heavy atom. The van der Waals surface area contributed by atoms with Crippen LogP contribution >= 0.6 is 22.9 Å². The Hall–Kier alpha value is -1.76. The molecule has 0 spiro atoms. The van der Waals surface area contributed by atoms with Crippen molar-refractivity contribution < 1.29 is 0 Å². The average molecular weight is 416 g/mol. The second-order valence-electron chi connectivity index (χ2n) is 7.53. The lowest BCUT2D eigenvalue weighted by atomic mass is 10.0. The number of nitrogens with zero attached hydrogens (tertiary/aromatic N) is 4. The van der Waals surface area contributed by atoms with Crippen LogP contribution in [0.25, 0.3) is 10.2 Å². The Kier molecular flexibility index (Phi) is 6.09. The highest BCUT2D eigenvalue weighted by atomic mass is 35.5. The predicted molar refractivity (Wildman–Crippen MR) is 118 cm³/mol. The molecule has 28 heavy (non-hydrogen) atoms. The maximum absolute atomic E-state index is 6.19. The molecule has 0 unspecified atom stereocenters. The van der Waals surface area contributed by atoms with Crippen LogP contribution in [0.1, 0.15) is 36.0 Å². The zero-order chi connectivity index (χ0) is 19.5. The largest absolute Gasteiger partial charge is 0.355 e. The second kappa shape index (κ2) is 8.72. The summed E-state index contributed by atoms with van der Waals surface area (Å²) in [6, 6.07) is 2.66. The number of rotatable bonds is 6. The topological polar surface area (TPSA) is 53.9 Å². The van der Waals surface area contributed by atoms with Crippen molar-refractivity contribution in [3.05, 3.63) is 45.8 Å². The number of fused-ring (bicyclic) bond motifs is 1. The Morgan fingerprint density at radius 3 is 2.82 bits per heavy atom. The first kappa shape index (κ1) is 19.6. The molecule has 3 aromatic heterocycles. The van der Waals surface area contributed by atoms with Gasteiger partial charge < -0.3 is 10.2 Å². The number of anilines is 1. The van der Waals surface area contributed by atoms with Crippen molar-refractivity contribution in [2.45, 2.75) is 45.6 Å². The van der Waals surface area contributed by atoms with Crippen molar-refractivity contribution in [2.75, 3.05) is 24.5 Å². The van der Waals surface area contributed by atoms with Gasteiger partial charge in [0, 0.05) is 31.5 Å². The van der Waals surface area contributed by atoms with Crippen LogP contribution < -0.4 is 10.2 Å². The van der Waals surface area contributed by atoms with Crippen LogP contribution in [0.4, 0.5) is 5.82 Å². The van der Waals surface area contributed by atoms with Crippen LogP contribution in [0.2, 0.25) is 5.28 Å². The number of hydrogen-bond donors (Lipinski definition) is 1. The van der Waals surface area contributed by atoms with Gasteiger partial charge in [0.2, 0.25) is 5.28 Å². The van der Waals surface area contributed by atoms with E-state index < -0.39 is 0 Å². The first-order valence-electron chi connectivity index (χ1n) is 9.91. The Balaban J connectivity index is 1.29. The van der Waals surface area contributed by atoms with Gasteiger partial charge in [-0.05, 0) is 85.8 Å². The maximum Gasteiger partial charge on any atom is 0.224 e. The van der Waals surface area contributed by atoms with Gasteiger partial charge in [0.25, 0.3) is 0 Å². The molecule has 1 aliphatic heterocycles. The van der Waals surface area contributed by atoms with Crippen LogP contribution in [0.3, 0.4) is 0 Å². The summed E-state index contributed by atoms with van der Waals surface area (Å²) in [4.78, 5) is 15.6. The normalized spacial score (nSPS) is 15.5. The summed E-state index contributed by atoms with van der Waals surface area (Å²) in [7, 11) is 0. The van der Waals surface area contributed by atoms with Crippen LogP contribution in [0, 0.1) is 13.8 Å². The Labute approximate surface area is 175 Å². The average Bonchev–Trinajstić information content (AvgIpc) is 3.07. The fourth-order valence-electron chi connectivity index (χ4n) is 3.84. The molecule has 5 nitrogen and oxygen atoms in total. The highest BCUT2D eigenvalue weighted by Gasteiger charge is 2.23. The summed E-state index contributed by atoms with van der Waals surface area (Å²) >= 11 is 7.90. The number of hydrogen-bond acceptors (Lipinski definition) is 6. The summed E-state index contributed by atoms with van der Waals surface area (Å²) < 4.78 is 1.15. The summed E-state index contributed by atoms with van der Waals surface area (Å²) in [5.74, 6) is 0.999. The number of aryl methyl sites for hydroxylation is 3. The van der Waals surface area contributed by atoms with E-state index in [0.29, 0.717) is 11.3 Å². The molecule has 0 amide bonds. The van der Waals surface area contributed by atoms with Gasteiger partial charge in [0.05, 0.1) is 10.2 Å². The molecule has 1 fully saturated rings. The third kappa shape index (κ3) is 4.29. The van der Waals surface area contributed by atoms with Crippen LogP contribution in [-0.4, -0.2) is 40.6 Å². The molecule has 1 saturated heterocycles. The standard InChI is InChI=1S/C21H26ClN5S/c1-14-5-9-23-12-16(14)4-3-8-24-17-6-10-27(11-7-17)20-19-18(15(2)13-28-19)25-21(22)26-20/h5,9,12-13,17,24H,3-4,6-8,10-11H2,1-2H3. The summed E-state index contributed by atoms with van der Waals surface area (Å²) in [6.07, 6.45) is 8.33. The van der Waals surface area contributed by atoms with Crippen LogP contribution in [0.5, 0.6) is 0 Å². The van der Waals surface area contributed by atoms with Gasteiger partial charge in [0.15, 0.2) is 5.82 Å². The number of piperidine rings is 1. The molecule has 0 atom stereocenters. The minimum absolute atomic E-state index is 0.343. The van der Waals surface area contributed by atoms with Crippen molar-refractivity contribution in [1.82, 2.24) is 20.3 Å². The first-order chi connectivity index (χ1) is 13.6. The monoisotopic (exact) mass is 415 g/mol. The van der Waals surface area contributed by atoms with Gasteiger partial charge in [-0.15, -0.1) is 11.3 Å². The van der Waals surface area contributed by atoms with E-state index in [1.807, 2.05) is 12.4 Å². The SMILES string of the molecule is Cc1ccncc1CCCNC1CCN(c2nc(Cl)nc3c(C)csc23)CC1. The van der Waals surface area contributed by atoms with E-state index in [-0.39, 0.29) is 0 Å². The molecule has 3 aromatic rings. The summed E-state index contributed by atoms with van der Waals surface area (Å²) in [6.45, 7) is 7.28. The van der Waals surface area contributed by atoms with Gasteiger partial charge in [0.1, 0.15) is 0 Å². The number of halogens is 1. The van der Waals surface area contributed by atoms with E-state index in [9.17, 15) is 0 Å². The molecule has 4 heterocycles. The third-order valence-corrected chi connectivity index (χ3v) is 6.80. The maximum atomic E-state index is 6.19. The number of pyridine rings is 1. The van der Waals surface area contributed by atoms with Crippen LogP contribution in [0.15, 0.2) is 23.8 Å². The molecule has 148 valence electrons. The van der Waals surface area contributed by atoms with E-state index in [2.05, 4.69) is 50.5 Å². The van der Waals surface area contributed by atoms with Crippen LogP contribution in [-0.2, 0) is 6.42 Å². The highest BCUT2D eigenvalue weighted by Crippen LogP contribution is 2.33. The van der Waals surface area contributed by atoms with Gasteiger partial charge in [-0.3, -0.25) is 4.98 Å². The summed E-state index contributed by atoms with van der Waals surface area (Å²) in [5, 5.41) is 6.21. The van der Waals surface area contributed by atoms with Gasteiger partial charge in [-0.25, -0.2) is 4.98 Å². The minimum atomic E-state index is 0.343. The molecule has 0 aliphatic carbocycles. The van der Waals surface area contributed by atoms with E-state index in [4.69, 9.17) is 11.6 Å². The molecule has 0 saturated carbocycles. The summed E-state index contributed by atoms with van der Waals surface area (Å²) in [5.41, 5.74) is 4.86. The quantitative estimate of drug-likeness (QED) is 0.473. The lowest BCUT2D eigenvalue weighted by molar-refractivity contribution is 0.412. The van der Waals surface area contributed by atoms with Gasteiger partial charge in [-0.2, -0.15) is 4.98 Å². The van der Waals surface area contributed by atoms with E-state index in [0.717, 1.165) is 61.4 Å². The van der Waals surface area contributed by atoms with E-state index in [1.54, 1.807) is 11.3 Å². The Bertz CT molecular complexity index is 949. The molecular weight excluding hydrogens is 390 g/mol. The van der Waals surface area contributed by atoms with Gasteiger partial charge in [-0.1, -0.05) is 0 Å². The molecular formula is C21H26ClN5S. The lowest BCUT2D eigenvalue weighted by Gasteiger charge is -2.33. The van der Waals surface area contributed by atoms with Crippen molar-refractivity contribution in [3.63, 3.8) is 0 Å². The predicted octanol–water partition coefficient (Wildman–Crippen LogP) is 4.55. The zero-order valence-electron chi connectivity index (χ0n) is 16.4. The fourth-order valence-corrected chi connectivity index (χ4v) is 5.01. The number of thiophene rings is 1. The van der Waals surface area contributed by atoms with E-state index in [1.165, 1.54) is 16.7 Å². The van der Waals surface area contributed by atoms with Crippen molar-refractivity contribution in [2.24, 2.45) is 0 Å². The smallest absolute Gasteiger partial charge is 0.224 e. The van der Waals surface area contributed by atoms with E-state index >= 15 is 0 Å². The van der Waals surface area contributed by atoms with Crippen molar-refractivity contribution in [1.29, 1.82) is 0 Å².